The van der Waals surface area contributed by atoms with Gasteiger partial charge in [0, 0.05) is 18.7 Å². The van der Waals surface area contributed by atoms with Crippen LogP contribution in [-0.2, 0) is 14.8 Å². The van der Waals surface area contributed by atoms with Gasteiger partial charge in [-0.25, -0.2) is 12.8 Å². The zero-order valence-electron chi connectivity index (χ0n) is 16.6. The largest absolute Gasteiger partial charge is 0.373 e. The van der Waals surface area contributed by atoms with Crippen LogP contribution >= 0.6 is 0 Å². The Morgan fingerprint density at radius 3 is 2.17 bits per heavy atom. The van der Waals surface area contributed by atoms with E-state index in [1.165, 1.54) is 40.7 Å². The van der Waals surface area contributed by atoms with Gasteiger partial charge < -0.3 is 10.1 Å². The normalized spacial score (nSPS) is 21.5. The minimum absolute atomic E-state index is 0.141. The van der Waals surface area contributed by atoms with Gasteiger partial charge in [0.25, 0.3) is 5.91 Å². The summed E-state index contributed by atoms with van der Waals surface area (Å²) < 4.78 is 45.8. The van der Waals surface area contributed by atoms with E-state index in [0.717, 1.165) is 5.56 Å². The zero-order valence-corrected chi connectivity index (χ0v) is 17.4. The van der Waals surface area contributed by atoms with Crippen LogP contribution in [0, 0.1) is 5.82 Å². The number of rotatable bonds is 5. The van der Waals surface area contributed by atoms with E-state index in [4.69, 9.17) is 4.74 Å². The highest BCUT2D eigenvalue weighted by Crippen LogP contribution is 2.22. The number of ether oxygens (including phenoxy) is 1. The lowest BCUT2D eigenvalue weighted by atomic mass is 10.1. The number of carbonyl (C=O) groups is 1. The molecule has 2 aromatic carbocycles. The number of sulfonamides is 1. The second-order valence-electron chi connectivity index (χ2n) is 7.35. The average Bonchev–Trinajstić information content (AvgIpc) is 2.67. The van der Waals surface area contributed by atoms with E-state index in [1.807, 2.05) is 13.8 Å². The van der Waals surface area contributed by atoms with Crippen molar-refractivity contribution in [2.45, 2.75) is 43.9 Å². The molecule has 0 radical (unpaired) electrons. The minimum atomic E-state index is -3.65. The molecule has 0 unspecified atom stereocenters. The van der Waals surface area contributed by atoms with E-state index in [9.17, 15) is 17.6 Å². The van der Waals surface area contributed by atoms with Gasteiger partial charge in [-0.3, -0.25) is 4.79 Å². The first-order valence-corrected chi connectivity index (χ1v) is 10.9. The van der Waals surface area contributed by atoms with Crippen LogP contribution in [0.1, 0.15) is 42.7 Å². The highest BCUT2D eigenvalue weighted by Gasteiger charge is 2.32. The van der Waals surface area contributed by atoms with Crippen molar-refractivity contribution in [3.05, 3.63) is 65.5 Å². The van der Waals surface area contributed by atoms with Gasteiger partial charge in [-0.2, -0.15) is 4.31 Å². The van der Waals surface area contributed by atoms with Crippen molar-refractivity contribution in [2.75, 3.05) is 13.1 Å². The molecule has 0 spiro atoms. The maximum Gasteiger partial charge on any atom is 0.251 e. The predicted molar refractivity (Wildman–Crippen MR) is 107 cm³/mol. The third kappa shape index (κ3) is 5.01. The van der Waals surface area contributed by atoms with Crippen LogP contribution < -0.4 is 5.32 Å². The second-order valence-corrected chi connectivity index (χ2v) is 9.29. The minimum Gasteiger partial charge on any atom is -0.373 e. The van der Waals surface area contributed by atoms with Crippen molar-refractivity contribution in [1.29, 1.82) is 0 Å². The highest BCUT2D eigenvalue weighted by atomic mass is 32.2. The van der Waals surface area contributed by atoms with E-state index in [-0.39, 0.29) is 34.9 Å². The van der Waals surface area contributed by atoms with Crippen LogP contribution in [0.3, 0.4) is 0 Å². The van der Waals surface area contributed by atoms with Crippen LogP contribution in [-0.4, -0.2) is 43.9 Å². The molecular formula is C21H25FN2O4S. The summed E-state index contributed by atoms with van der Waals surface area (Å²) in [5, 5.41) is 2.83. The SMILES string of the molecule is C[C@@H]1CN(S(=O)(=O)c2ccc(C(=O)N[C@@H](C)c3ccc(F)cc3)cc2)C[C@@H](C)O1. The highest BCUT2D eigenvalue weighted by molar-refractivity contribution is 7.89. The first kappa shape index (κ1) is 21.4. The third-order valence-corrected chi connectivity index (χ3v) is 6.70. The van der Waals surface area contributed by atoms with Crippen molar-refractivity contribution < 1.29 is 22.3 Å². The lowest BCUT2D eigenvalue weighted by Gasteiger charge is -2.34. The maximum atomic E-state index is 13.0. The van der Waals surface area contributed by atoms with Gasteiger partial charge in [-0.15, -0.1) is 0 Å². The van der Waals surface area contributed by atoms with Gasteiger partial charge in [0.15, 0.2) is 0 Å². The standard InChI is InChI=1S/C21H25FN2O4S/c1-14-12-24(13-15(2)28-14)29(26,27)20-10-6-18(7-11-20)21(25)23-16(3)17-4-8-19(22)9-5-17/h4-11,14-16H,12-13H2,1-3H3,(H,23,25)/t14-,15-,16+/m1/s1. The molecule has 6 nitrogen and oxygen atoms in total. The fourth-order valence-electron chi connectivity index (χ4n) is 3.37. The Kier molecular flexibility index (Phi) is 6.36. The van der Waals surface area contributed by atoms with Gasteiger partial charge in [0.05, 0.1) is 23.1 Å². The predicted octanol–water partition coefficient (Wildman–Crippen LogP) is 3.11. The monoisotopic (exact) mass is 420 g/mol. The number of halogens is 1. The zero-order chi connectivity index (χ0) is 21.2. The molecule has 1 aliphatic heterocycles. The van der Waals surface area contributed by atoms with Crippen LogP contribution in [0.4, 0.5) is 4.39 Å². The van der Waals surface area contributed by atoms with Gasteiger partial charge in [0.2, 0.25) is 10.0 Å². The molecule has 8 heteroatoms. The van der Waals surface area contributed by atoms with Gasteiger partial charge in [-0.1, -0.05) is 12.1 Å². The number of amides is 1. The lowest BCUT2D eigenvalue weighted by Crippen LogP contribution is -2.48. The molecule has 0 saturated carbocycles. The summed E-state index contributed by atoms with van der Waals surface area (Å²) in [6.07, 6.45) is -0.349. The molecule has 156 valence electrons. The summed E-state index contributed by atoms with van der Waals surface area (Å²) in [5.41, 5.74) is 1.12. The van der Waals surface area contributed by atoms with Gasteiger partial charge in [-0.05, 0) is 62.7 Å². The molecule has 29 heavy (non-hydrogen) atoms. The fraction of sp³-hybridized carbons (Fsp3) is 0.381. The Labute approximate surface area is 170 Å². The van der Waals surface area contributed by atoms with Crippen molar-refractivity contribution >= 4 is 15.9 Å². The van der Waals surface area contributed by atoms with Crippen molar-refractivity contribution in [3.63, 3.8) is 0 Å². The summed E-state index contributed by atoms with van der Waals surface area (Å²) in [5.74, 6) is -0.674. The van der Waals surface area contributed by atoms with Crippen LogP contribution in [0.15, 0.2) is 53.4 Å². The van der Waals surface area contributed by atoms with E-state index >= 15 is 0 Å². The van der Waals surface area contributed by atoms with Gasteiger partial charge in [0.1, 0.15) is 5.82 Å². The molecule has 0 bridgehead atoms. The summed E-state index contributed by atoms with van der Waals surface area (Å²) >= 11 is 0. The fourth-order valence-corrected chi connectivity index (χ4v) is 4.96. The molecular weight excluding hydrogens is 395 g/mol. The smallest absolute Gasteiger partial charge is 0.251 e. The number of benzene rings is 2. The molecule has 1 heterocycles. The number of hydrogen-bond donors (Lipinski definition) is 1. The van der Waals surface area contributed by atoms with E-state index in [2.05, 4.69) is 5.32 Å². The molecule has 3 atom stereocenters. The average molecular weight is 421 g/mol. The Balaban J connectivity index is 1.70. The molecule has 0 aliphatic carbocycles. The number of nitrogens with one attached hydrogen (secondary N) is 1. The number of hydrogen-bond acceptors (Lipinski definition) is 4. The van der Waals surface area contributed by atoms with Crippen LogP contribution in [0.5, 0.6) is 0 Å². The van der Waals surface area contributed by atoms with E-state index < -0.39 is 10.0 Å². The third-order valence-electron chi connectivity index (χ3n) is 4.86. The van der Waals surface area contributed by atoms with Crippen molar-refractivity contribution in [3.8, 4) is 0 Å². The Hall–Kier alpha value is -2.29. The first-order chi connectivity index (χ1) is 13.7. The second kappa shape index (κ2) is 8.61. The first-order valence-electron chi connectivity index (χ1n) is 9.49. The molecule has 1 amide bonds. The Morgan fingerprint density at radius 2 is 1.62 bits per heavy atom. The van der Waals surface area contributed by atoms with Crippen LogP contribution in [0.2, 0.25) is 0 Å². The Bertz CT molecular complexity index is 951. The van der Waals surface area contributed by atoms with E-state index in [1.54, 1.807) is 19.1 Å². The maximum absolute atomic E-state index is 13.0. The van der Waals surface area contributed by atoms with Gasteiger partial charge >= 0.3 is 0 Å². The molecule has 2 aromatic rings. The summed E-state index contributed by atoms with van der Waals surface area (Å²) in [6, 6.07) is 11.5. The molecule has 1 fully saturated rings. The van der Waals surface area contributed by atoms with Crippen molar-refractivity contribution in [2.24, 2.45) is 0 Å². The number of carbonyl (C=O) groups excluding carboxylic acids is 1. The molecule has 1 N–H and O–H groups in total. The summed E-state index contributed by atoms with van der Waals surface area (Å²) in [7, 11) is -3.65. The summed E-state index contributed by atoms with van der Waals surface area (Å²) in [4.78, 5) is 12.6. The van der Waals surface area contributed by atoms with Crippen LogP contribution in [0.25, 0.3) is 0 Å². The quantitative estimate of drug-likeness (QED) is 0.807. The Morgan fingerprint density at radius 1 is 1.07 bits per heavy atom. The number of morpholine rings is 1. The molecule has 0 aromatic heterocycles. The van der Waals surface area contributed by atoms with Crippen molar-refractivity contribution in [1.82, 2.24) is 9.62 Å². The molecule has 1 aliphatic rings. The molecule has 1 saturated heterocycles. The van der Waals surface area contributed by atoms with E-state index in [0.29, 0.717) is 18.7 Å². The molecule has 3 rings (SSSR count). The topological polar surface area (TPSA) is 75.7 Å². The lowest BCUT2D eigenvalue weighted by molar-refractivity contribution is -0.0440. The summed E-state index contributed by atoms with van der Waals surface area (Å²) in [6.45, 7) is 6.07. The number of nitrogens with zero attached hydrogens (tertiary/aromatic N) is 1.